The average Bonchev–Trinajstić information content (AvgIpc) is 3.12. The quantitative estimate of drug-likeness (QED) is 0.453. The summed E-state index contributed by atoms with van der Waals surface area (Å²) >= 11 is 0. The second kappa shape index (κ2) is 10.1. The Morgan fingerprint density at radius 1 is 0.970 bits per heavy atom. The Morgan fingerprint density at radius 3 is 2.21 bits per heavy atom. The van der Waals surface area contributed by atoms with Crippen molar-refractivity contribution in [1.29, 1.82) is 0 Å². The molecule has 10 heteroatoms. The Labute approximate surface area is 191 Å². The van der Waals surface area contributed by atoms with Gasteiger partial charge in [-0.2, -0.15) is 0 Å². The van der Waals surface area contributed by atoms with Gasteiger partial charge in [-0.25, -0.2) is 8.42 Å². The minimum atomic E-state index is -3.79. The fraction of sp³-hybridized carbons (Fsp3) is 0.174. The van der Waals surface area contributed by atoms with Gasteiger partial charge in [-0.1, -0.05) is 30.3 Å². The number of aromatic nitrogens is 1. The molecular formula is C23H24N4O5S. The van der Waals surface area contributed by atoms with Gasteiger partial charge < -0.3 is 15.2 Å². The maximum absolute atomic E-state index is 12.7. The molecule has 3 N–H and O–H groups in total. The number of rotatable bonds is 8. The molecule has 172 valence electrons. The van der Waals surface area contributed by atoms with Crippen LogP contribution in [0.1, 0.15) is 37.3 Å². The van der Waals surface area contributed by atoms with Crippen molar-refractivity contribution in [2.75, 3.05) is 15.4 Å². The lowest BCUT2D eigenvalue weighted by molar-refractivity contribution is -0.116. The van der Waals surface area contributed by atoms with Crippen LogP contribution < -0.4 is 15.4 Å². The number of hydrogen-bond acceptors (Lipinski definition) is 6. The first-order valence-electron chi connectivity index (χ1n) is 10.1. The lowest BCUT2D eigenvalue weighted by Gasteiger charge is -2.09. The van der Waals surface area contributed by atoms with Crippen LogP contribution in [0, 0.1) is 6.92 Å². The van der Waals surface area contributed by atoms with E-state index >= 15 is 0 Å². The van der Waals surface area contributed by atoms with E-state index in [4.69, 9.17) is 4.52 Å². The molecular weight excluding hydrogens is 444 g/mol. The van der Waals surface area contributed by atoms with Crippen LogP contribution in [0.15, 0.2) is 57.9 Å². The standard InChI is InChI=1S/C23H24N4O5S/c1-4-22(29)25-23-15(2)26-32-21(23)14-7-17-5-12-20(13-6-17)33(30,31)27-19-10-8-18(9-11-19)24-16(3)28/h5-14,27H,4H2,1-3H3,(H,24,28)(H,25,29). The summed E-state index contributed by atoms with van der Waals surface area (Å²) in [6.07, 6.45) is 3.72. The lowest BCUT2D eigenvalue weighted by Crippen LogP contribution is -2.13. The van der Waals surface area contributed by atoms with Gasteiger partial charge in [0, 0.05) is 24.7 Å². The van der Waals surface area contributed by atoms with Crippen LogP contribution in [-0.2, 0) is 19.6 Å². The van der Waals surface area contributed by atoms with E-state index in [1.165, 1.54) is 19.1 Å². The van der Waals surface area contributed by atoms with E-state index in [-0.39, 0.29) is 16.7 Å². The SMILES string of the molecule is CCC(=O)Nc1c(C)noc1C=Cc1ccc(S(=O)(=O)Nc2ccc(NC(C)=O)cc2)cc1. The summed E-state index contributed by atoms with van der Waals surface area (Å²) in [4.78, 5) is 22.9. The number of aryl methyl sites for hydroxylation is 1. The first-order chi connectivity index (χ1) is 15.7. The minimum absolute atomic E-state index is 0.0944. The molecule has 0 aliphatic rings. The van der Waals surface area contributed by atoms with Crippen molar-refractivity contribution >= 4 is 51.1 Å². The summed E-state index contributed by atoms with van der Waals surface area (Å²) in [6, 6.07) is 12.6. The van der Waals surface area contributed by atoms with Crippen molar-refractivity contribution in [1.82, 2.24) is 5.16 Å². The topological polar surface area (TPSA) is 130 Å². The highest BCUT2D eigenvalue weighted by molar-refractivity contribution is 7.92. The van der Waals surface area contributed by atoms with Crippen molar-refractivity contribution in [2.24, 2.45) is 0 Å². The molecule has 0 bridgehead atoms. The van der Waals surface area contributed by atoms with Crippen LogP contribution in [0.25, 0.3) is 12.2 Å². The molecule has 0 saturated carbocycles. The highest BCUT2D eigenvalue weighted by atomic mass is 32.2. The highest BCUT2D eigenvalue weighted by Crippen LogP contribution is 2.23. The zero-order valence-electron chi connectivity index (χ0n) is 18.4. The summed E-state index contributed by atoms with van der Waals surface area (Å²) in [5, 5.41) is 9.25. The first-order valence-corrected chi connectivity index (χ1v) is 11.6. The molecule has 0 spiro atoms. The lowest BCUT2D eigenvalue weighted by atomic mass is 10.2. The van der Waals surface area contributed by atoms with Crippen molar-refractivity contribution in [3.63, 3.8) is 0 Å². The maximum atomic E-state index is 12.7. The van der Waals surface area contributed by atoms with Crippen molar-refractivity contribution in [2.45, 2.75) is 32.1 Å². The third-order valence-electron chi connectivity index (χ3n) is 4.55. The summed E-state index contributed by atoms with van der Waals surface area (Å²) in [5.41, 5.74) is 2.74. The number of benzene rings is 2. The van der Waals surface area contributed by atoms with Crippen molar-refractivity contribution < 1.29 is 22.5 Å². The van der Waals surface area contributed by atoms with Gasteiger partial charge in [0.15, 0.2) is 5.76 Å². The van der Waals surface area contributed by atoms with Crippen LogP contribution in [0.4, 0.5) is 17.1 Å². The average molecular weight is 469 g/mol. The number of hydrogen-bond donors (Lipinski definition) is 3. The van der Waals surface area contributed by atoms with Crippen LogP contribution in [-0.4, -0.2) is 25.4 Å². The van der Waals surface area contributed by atoms with Gasteiger partial charge in [-0.15, -0.1) is 0 Å². The summed E-state index contributed by atoms with van der Waals surface area (Å²) < 4.78 is 33.1. The molecule has 0 unspecified atom stereocenters. The molecule has 0 aliphatic carbocycles. The summed E-state index contributed by atoms with van der Waals surface area (Å²) in [5.74, 6) is 0.0380. The number of carbonyl (C=O) groups excluding carboxylic acids is 2. The van der Waals surface area contributed by atoms with Gasteiger partial charge in [-0.05, 0) is 55.0 Å². The van der Waals surface area contributed by atoms with Gasteiger partial charge in [0.2, 0.25) is 11.8 Å². The maximum Gasteiger partial charge on any atom is 0.261 e. The molecule has 1 heterocycles. The van der Waals surface area contributed by atoms with Crippen LogP contribution >= 0.6 is 0 Å². The Hall–Kier alpha value is -3.92. The molecule has 2 aromatic carbocycles. The van der Waals surface area contributed by atoms with E-state index in [2.05, 4.69) is 20.5 Å². The molecule has 33 heavy (non-hydrogen) atoms. The van der Waals surface area contributed by atoms with Crippen LogP contribution in [0.5, 0.6) is 0 Å². The highest BCUT2D eigenvalue weighted by Gasteiger charge is 2.15. The molecule has 0 saturated heterocycles. The fourth-order valence-corrected chi connectivity index (χ4v) is 3.91. The number of amides is 2. The molecule has 0 atom stereocenters. The van der Waals surface area contributed by atoms with Gasteiger partial charge in [0.05, 0.1) is 4.90 Å². The van der Waals surface area contributed by atoms with Gasteiger partial charge >= 0.3 is 0 Å². The Balaban J connectivity index is 1.71. The molecule has 3 rings (SSSR count). The largest absolute Gasteiger partial charge is 0.354 e. The second-order valence-corrected chi connectivity index (χ2v) is 8.86. The zero-order chi connectivity index (χ0) is 24.0. The van der Waals surface area contributed by atoms with Gasteiger partial charge in [-0.3, -0.25) is 14.3 Å². The smallest absolute Gasteiger partial charge is 0.261 e. The zero-order valence-corrected chi connectivity index (χ0v) is 19.2. The predicted octanol–water partition coefficient (Wildman–Crippen LogP) is 4.26. The summed E-state index contributed by atoms with van der Waals surface area (Å²) in [6.45, 7) is 4.87. The second-order valence-electron chi connectivity index (χ2n) is 7.18. The van der Waals surface area contributed by atoms with Gasteiger partial charge in [0.25, 0.3) is 10.0 Å². The Bertz CT molecular complexity index is 1280. The fourth-order valence-electron chi connectivity index (χ4n) is 2.85. The monoisotopic (exact) mass is 468 g/mol. The van der Waals surface area contributed by atoms with Crippen LogP contribution in [0.3, 0.4) is 0 Å². The summed E-state index contributed by atoms with van der Waals surface area (Å²) in [7, 11) is -3.79. The van der Waals surface area contributed by atoms with Crippen molar-refractivity contribution in [3.05, 3.63) is 65.5 Å². The predicted molar refractivity (Wildman–Crippen MR) is 127 cm³/mol. The molecule has 9 nitrogen and oxygen atoms in total. The molecule has 3 aromatic rings. The molecule has 1 aromatic heterocycles. The van der Waals surface area contributed by atoms with E-state index in [1.807, 2.05) is 0 Å². The number of nitrogens with zero attached hydrogens (tertiary/aromatic N) is 1. The molecule has 0 aliphatic heterocycles. The molecule has 2 amide bonds. The van der Waals surface area contributed by atoms with Crippen molar-refractivity contribution in [3.8, 4) is 0 Å². The van der Waals surface area contributed by atoms with E-state index in [0.29, 0.717) is 34.9 Å². The number of sulfonamides is 1. The third kappa shape index (κ3) is 6.30. The first kappa shape index (κ1) is 23.7. The molecule has 0 fully saturated rings. The van der Waals surface area contributed by atoms with E-state index in [0.717, 1.165) is 5.56 Å². The van der Waals surface area contributed by atoms with E-state index in [9.17, 15) is 18.0 Å². The number of nitrogens with one attached hydrogen (secondary N) is 3. The van der Waals surface area contributed by atoms with Crippen LogP contribution in [0.2, 0.25) is 0 Å². The Morgan fingerprint density at radius 2 is 1.61 bits per heavy atom. The minimum Gasteiger partial charge on any atom is -0.354 e. The van der Waals surface area contributed by atoms with E-state index < -0.39 is 10.0 Å². The number of carbonyl (C=O) groups is 2. The normalized spacial score (nSPS) is 11.4. The Kier molecular flexibility index (Phi) is 7.29. The third-order valence-corrected chi connectivity index (χ3v) is 5.95. The van der Waals surface area contributed by atoms with Gasteiger partial charge in [0.1, 0.15) is 11.4 Å². The van der Waals surface area contributed by atoms with E-state index in [1.54, 1.807) is 62.4 Å². The molecule has 0 radical (unpaired) electrons. The number of anilines is 3.